The Bertz CT molecular complexity index is 392. The third-order valence-electron chi connectivity index (χ3n) is 2.68. The lowest BCUT2D eigenvalue weighted by atomic mass is 10.2. The lowest BCUT2D eigenvalue weighted by Crippen LogP contribution is -2.48. The molecule has 0 saturated carbocycles. The van der Waals surface area contributed by atoms with Crippen LogP contribution in [0.1, 0.15) is 6.92 Å². The molecule has 0 aromatic heterocycles. The van der Waals surface area contributed by atoms with Crippen molar-refractivity contribution in [3.05, 3.63) is 24.3 Å². The highest BCUT2D eigenvalue weighted by molar-refractivity contribution is 5.99. The van der Waals surface area contributed by atoms with Gasteiger partial charge >= 0.3 is 0 Å². The number of hydrogen-bond donors (Lipinski definition) is 1. The van der Waals surface area contributed by atoms with E-state index in [1.54, 1.807) is 11.9 Å². The first-order chi connectivity index (χ1) is 7.74. The van der Waals surface area contributed by atoms with Crippen LogP contribution in [-0.4, -0.2) is 32.1 Å². The van der Waals surface area contributed by atoms with Crippen molar-refractivity contribution < 1.29 is 9.53 Å². The average Bonchev–Trinajstić information content (AvgIpc) is 2.32. The Hall–Kier alpha value is -1.55. The Morgan fingerprint density at radius 3 is 2.94 bits per heavy atom. The normalized spacial score (nSPS) is 19.2. The van der Waals surface area contributed by atoms with E-state index >= 15 is 0 Å². The first-order valence-electron chi connectivity index (χ1n) is 5.48. The average molecular weight is 220 g/mol. The second-order valence-corrected chi connectivity index (χ2v) is 3.78. The number of carbonyl (C=O) groups is 1. The van der Waals surface area contributed by atoms with Gasteiger partial charge in [0, 0.05) is 13.6 Å². The van der Waals surface area contributed by atoms with Crippen molar-refractivity contribution in [2.45, 2.75) is 13.0 Å². The smallest absolute Gasteiger partial charge is 0.269 e. The van der Waals surface area contributed by atoms with Crippen LogP contribution in [0, 0.1) is 0 Å². The molecule has 1 amide bonds. The van der Waals surface area contributed by atoms with Crippen LogP contribution < -0.4 is 15.0 Å². The molecule has 0 saturated heterocycles. The molecule has 1 aromatic rings. The van der Waals surface area contributed by atoms with Crippen molar-refractivity contribution >= 4 is 11.6 Å². The van der Waals surface area contributed by atoms with E-state index in [0.29, 0.717) is 6.54 Å². The first kappa shape index (κ1) is 11.0. The summed E-state index contributed by atoms with van der Waals surface area (Å²) >= 11 is 0. The van der Waals surface area contributed by atoms with Crippen LogP contribution in [0.5, 0.6) is 5.75 Å². The van der Waals surface area contributed by atoms with E-state index in [1.165, 1.54) is 0 Å². The summed E-state index contributed by atoms with van der Waals surface area (Å²) in [6, 6.07) is 7.58. The molecule has 1 aliphatic heterocycles. The summed E-state index contributed by atoms with van der Waals surface area (Å²) in [5.74, 6) is 0.771. The second kappa shape index (κ2) is 4.53. The third-order valence-corrected chi connectivity index (χ3v) is 2.68. The number of nitrogens with one attached hydrogen (secondary N) is 1. The van der Waals surface area contributed by atoms with Gasteiger partial charge in [0.1, 0.15) is 5.75 Å². The number of nitrogens with zero attached hydrogens (tertiary/aromatic N) is 1. The number of ether oxygens (including phenoxy) is 1. The topological polar surface area (TPSA) is 41.6 Å². The summed E-state index contributed by atoms with van der Waals surface area (Å²) in [5, 5.41) is 3.13. The zero-order valence-electron chi connectivity index (χ0n) is 9.56. The van der Waals surface area contributed by atoms with Gasteiger partial charge in [-0.25, -0.2) is 0 Å². The number of carbonyl (C=O) groups excluding carboxylic acids is 1. The number of benzene rings is 1. The van der Waals surface area contributed by atoms with E-state index in [1.807, 2.05) is 31.2 Å². The molecule has 86 valence electrons. The quantitative estimate of drug-likeness (QED) is 0.827. The minimum atomic E-state index is -0.417. The number of hydrogen-bond acceptors (Lipinski definition) is 3. The molecule has 1 heterocycles. The molecule has 4 nitrogen and oxygen atoms in total. The van der Waals surface area contributed by atoms with E-state index in [2.05, 4.69) is 5.32 Å². The maximum Gasteiger partial charge on any atom is 0.269 e. The summed E-state index contributed by atoms with van der Waals surface area (Å²) in [7, 11) is 1.78. The summed E-state index contributed by atoms with van der Waals surface area (Å²) in [5.41, 5.74) is 0.834. The van der Waals surface area contributed by atoms with E-state index < -0.39 is 6.10 Å². The Morgan fingerprint density at radius 2 is 2.19 bits per heavy atom. The second-order valence-electron chi connectivity index (χ2n) is 3.78. The highest BCUT2D eigenvalue weighted by Gasteiger charge is 2.31. The Morgan fingerprint density at radius 1 is 1.44 bits per heavy atom. The van der Waals surface area contributed by atoms with Crippen molar-refractivity contribution in [2.24, 2.45) is 0 Å². The van der Waals surface area contributed by atoms with Crippen LogP contribution in [0.25, 0.3) is 0 Å². The molecule has 1 atom stereocenters. The number of anilines is 1. The number of rotatable bonds is 3. The van der Waals surface area contributed by atoms with Gasteiger partial charge in [0.25, 0.3) is 5.91 Å². The highest BCUT2D eigenvalue weighted by Crippen LogP contribution is 2.32. The van der Waals surface area contributed by atoms with E-state index in [4.69, 9.17) is 4.74 Å². The van der Waals surface area contributed by atoms with Gasteiger partial charge in [-0.05, 0) is 18.7 Å². The minimum Gasteiger partial charge on any atom is -0.477 e. The maximum absolute atomic E-state index is 12.0. The van der Waals surface area contributed by atoms with Crippen molar-refractivity contribution in [2.75, 3.05) is 25.0 Å². The predicted octanol–water partition coefficient (Wildman–Crippen LogP) is 1.02. The molecule has 0 bridgehead atoms. The zero-order valence-corrected chi connectivity index (χ0v) is 9.56. The SMILES string of the molecule is CCNCC1Oc2ccccc2N(C)C1=O. The molecule has 0 fully saturated rings. The van der Waals surface area contributed by atoms with Gasteiger partial charge in [-0.1, -0.05) is 19.1 Å². The van der Waals surface area contributed by atoms with Crippen LogP contribution in [0.4, 0.5) is 5.69 Å². The molecule has 16 heavy (non-hydrogen) atoms. The molecule has 1 N–H and O–H groups in total. The number of fused-ring (bicyclic) bond motifs is 1. The summed E-state index contributed by atoms with van der Waals surface area (Å²) in [6.45, 7) is 3.39. The molecular weight excluding hydrogens is 204 g/mol. The highest BCUT2D eigenvalue weighted by atomic mass is 16.5. The number of para-hydroxylation sites is 2. The minimum absolute atomic E-state index is 0.000324. The lowest BCUT2D eigenvalue weighted by molar-refractivity contribution is -0.125. The number of likely N-dealkylation sites (N-methyl/N-ethyl adjacent to an activating group) is 2. The van der Waals surface area contributed by atoms with Crippen LogP contribution in [-0.2, 0) is 4.79 Å². The van der Waals surface area contributed by atoms with Crippen molar-refractivity contribution in [3.8, 4) is 5.75 Å². The molecule has 0 aliphatic carbocycles. The predicted molar refractivity (Wildman–Crippen MR) is 62.8 cm³/mol. The summed E-state index contributed by atoms with van der Waals surface area (Å²) in [4.78, 5) is 13.6. The van der Waals surface area contributed by atoms with Gasteiger partial charge < -0.3 is 15.0 Å². The zero-order chi connectivity index (χ0) is 11.5. The standard InChI is InChI=1S/C12H16N2O2/c1-3-13-8-11-12(15)14(2)9-6-4-5-7-10(9)16-11/h4-7,11,13H,3,8H2,1-2H3. The van der Waals surface area contributed by atoms with Gasteiger partial charge in [-0.2, -0.15) is 0 Å². The molecule has 1 unspecified atom stereocenters. The maximum atomic E-state index is 12.0. The van der Waals surface area contributed by atoms with E-state index in [9.17, 15) is 4.79 Å². The Labute approximate surface area is 95.2 Å². The molecular formula is C12H16N2O2. The largest absolute Gasteiger partial charge is 0.477 e. The molecule has 1 aliphatic rings. The van der Waals surface area contributed by atoms with Gasteiger partial charge in [-0.15, -0.1) is 0 Å². The van der Waals surface area contributed by atoms with Gasteiger partial charge in [0.2, 0.25) is 0 Å². The molecule has 2 rings (SSSR count). The van der Waals surface area contributed by atoms with Crippen LogP contribution >= 0.6 is 0 Å². The Balaban J connectivity index is 2.21. The lowest BCUT2D eigenvalue weighted by Gasteiger charge is -2.31. The summed E-state index contributed by atoms with van der Waals surface area (Å²) < 4.78 is 5.66. The first-order valence-corrected chi connectivity index (χ1v) is 5.48. The monoisotopic (exact) mass is 220 g/mol. The van der Waals surface area contributed by atoms with Gasteiger partial charge in [0.15, 0.2) is 6.10 Å². The van der Waals surface area contributed by atoms with Gasteiger partial charge in [-0.3, -0.25) is 4.79 Å². The van der Waals surface area contributed by atoms with E-state index in [-0.39, 0.29) is 5.91 Å². The van der Waals surface area contributed by atoms with E-state index in [0.717, 1.165) is 18.0 Å². The van der Waals surface area contributed by atoms with Crippen molar-refractivity contribution in [3.63, 3.8) is 0 Å². The summed E-state index contributed by atoms with van der Waals surface area (Å²) in [6.07, 6.45) is -0.417. The fourth-order valence-corrected chi connectivity index (χ4v) is 1.78. The Kier molecular flexibility index (Phi) is 3.10. The third kappa shape index (κ3) is 1.88. The van der Waals surface area contributed by atoms with Gasteiger partial charge in [0.05, 0.1) is 5.69 Å². The van der Waals surface area contributed by atoms with Crippen molar-refractivity contribution in [1.29, 1.82) is 0 Å². The van der Waals surface area contributed by atoms with Crippen LogP contribution in [0.15, 0.2) is 24.3 Å². The van der Waals surface area contributed by atoms with Crippen molar-refractivity contribution in [1.82, 2.24) is 5.32 Å². The molecule has 0 radical (unpaired) electrons. The number of amides is 1. The van der Waals surface area contributed by atoms with Crippen LogP contribution in [0.3, 0.4) is 0 Å². The fraction of sp³-hybridized carbons (Fsp3) is 0.417. The molecule has 4 heteroatoms. The molecule has 1 aromatic carbocycles. The molecule has 0 spiro atoms. The fourth-order valence-electron chi connectivity index (χ4n) is 1.78. The van der Waals surface area contributed by atoms with Crippen LogP contribution in [0.2, 0.25) is 0 Å².